The molecule has 2 aromatic carbocycles. The van der Waals surface area contributed by atoms with Crippen LogP contribution in [0.5, 0.6) is 0 Å². The summed E-state index contributed by atoms with van der Waals surface area (Å²) in [5.74, 6) is 0.900. The van der Waals surface area contributed by atoms with Gasteiger partial charge in [0.05, 0.1) is 0 Å². The summed E-state index contributed by atoms with van der Waals surface area (Å²) in [6, 6.07) is 15.3. The molecule has 2 heterocycles. The number of benzene rings is 2. The van der Waals surface area contributed by atoms with E-state index in [2.05, 4.69) is 81.7 Å². The van der Waals surface area contributed by atoms with Gasteiger partial charge in [0, 0.05) is 29.5 Å². The van der Waals surface area contributed by atoms with Crippen LogP contribution in [0.4, 0.5) is 11.4 Å². The van der Waals surface area contributed by atoms with Crippen LogP contribution in [0.3, 0.4) is 0 Å². The summed E-state index contributed by atoms with van der Waals surface area (Å²) in [5, 5.41) is 15.5. The maximum Gasteiger partial charge on any atom is 0.164 e. The minimum Gasteiger partial charge on any atom is -0.355 e. The first-order chi connectivity index (χ1) is 12.7. The quantitative estimate of drug-likeness (QED) is 0.738. The maximum absolute atomic E-state index is 4.31. The fourth-order valence-corrected chi connectivity index (χ4v) is 3.53. The zero-order valence-corrected chi connectivity index (χ0v) is 15.4. The first kappa shape index (κ1) is 16.8. The number of hydrogen-bond donors (Lipinski definition) is 2. The zero-order chi connectivity index (χ0) is 17.9. The van der Waals surface area contributed by atoms with Gasteiger partial charge in [-0.1, -0.05) is 24.3 Å². The van der Waals surface area contributed by atoms with Crippen LogP contribution in [0.2, 0.25) is 0 Å². The van der Waals surface area contributed by atoms with E-state index >= 15 is 0 Å². The molecular weight excluding hydrogens is 322 g/mol. The van der Waals surface area contributed by atoms with E-state index in [0.29, 0.717) is 6.04 Å². The van der Waals surface area contributed by atoms with Gasteiger partial charge in [0.2, 0.25) is 0 Å². The summed E-state index contributed by atoms with van der Waals surface area (Å²) in [5.41, 5.74) is 6.13. The highest BCUT2D eigenvalue weighted by Crippen LogP contribution is 2.29. The Morgan fingerprint density at radius 2 is 2.04 bits per heavy atom. The van der Waals surface area contributed by atoms with Crippen LogP contribution in [0.1, 0.15) is 37.4 Å². The molecule has 1 aliphatic rings. The Bertz CT molecular complexity index is 897. The lowest BCUT2D eigenvalue weighted by Gasteiger charge is -2.15. The third kappa shape index (κ3) is 3.35. The van der Waals surface area contributed by atoms with Gasteiger partial charge in [-0.25, -0.2) is 0 Å². The second-order valence-corrected chi connectivity index (χ2v) is 7.08. The van der Waals surface area contributed by atoms with Crippen LogP contribution in [0.25, 0.3) is 11.4 Å². The fraction of sp³-hybridized carbons (Fsp3) is 0.333. The molecule has 26 heavy (non-hydrogen) atoms. The van der Waals surface area contributed by atoms with Gasteiger partial charge >= 0.3 is 0 Å². The summed E-state index contributed by atoms with van der Waals surface area (Å²) in [6.45, 7) is 6.27. The number of nitrogens with zero attached hydrogens (tertiary/aromatic N) is 3. The van der Waals surface area contributed by atoms with Crippen molar-refractivity contribution in [3.05, 3.63) is 59.9 Å². The molecule has 0 radical (unpaired) electrons. The van der Waals surface area contributed by atoms with Crippen molar-refractivity contribution in [2.75, 3.05) is 11.9 Å². The van der Waals surface area contributed by atoms with E-state index in [0.717, 1.165) is 36.6 Å². The van der Waals surface area contributed by atoms with Gasteiger partial charge in [-0.15, -0.1) is 10.2 Å². The first-order valence-corrected chi connectivity index (χ1v) is 9.31. The molecule has 0 unspecified atom stereocenters. The van der Waals surface area contributed by atoms with Crippen LogP contribution in [-0.2, 0) is 13.0 Å². The summed E-state index contributed by atoms with van der Waals surface area (Å²) in [4.78, 5) is 0. The number of rotatable bonds is 4. The van der Waals surface area contributed by atoms with E-state index in [1.54, 1.807) is 6.33 Å². The van der Waals surface area contributed by atoms with Crippen LogP contribution < -0.4 is 10.6 Å². The van der Waals surface area contributed by atoms with E-state index in [-0.39, 0.29) is 0 Å². The maximum atomic E-state index is 4.31. The summed E-state index contributed by atoms with van der Waals surface area (Å²) < 4.78 is 2.09. The summed E-state index contributed by atoms with van der Waals surface area (Å²) >= 11 is 0. The smallest absolute Gasteiger partial charge is 0.164 e. The molecule has 0 amide bonds. The predicted octanol–water partition coefficient (Wildman–Crippen LogP) is 4.31. The normalized spacial score (nSPS) is 14.1. The summed E-state index contributed by atoms with van der Waals surface area (Å²) in [7, 11) is 0. The molecule has 1 aromatic heterocycles. The molecule has 0 saturated heterocycles. The molecule has 5 heteroatoms. The molecule has 0 atom stereocenters. The average molecular weight is 347 g/mol. The second-order valence-electron chi connectivity index (χ2n) is 7.08. The lowest BCUT2D eigenvalue weighted by atomic mass is 10.0. The van der Waals surface area contributed by atoms with Gasteiger partial charge in [-0.05, 0) is 62.6 Å². The molecule has 134 valence electrons. The van der Waals surface area contributed by atoms with E-state index in [1.165, 1.54) is 23.2 Å². The third-order valence-corrected chi connectivity index (χ3v) is 4.90. The predicted molar refractivity (Wildman–Crippen MR) is 106 cm³/mol. The molecular formula is C21H25N5. The third-order valence-electron chi connectivity index (χ3n) is 4.90. The van der Waals surface area contributed by atoms with Gasteiger partial charge in [0.1, 0.15) is 6.33 Å². The van der Waals surface area contributed by atoms with Crippen molar-refractivity contribution >= 4 is 11.4 Å². The van der Waals surface area contributed by atoms with E-state index in [4.69, 9.17) is 0 Å². The number of anilines is 2. The van der Waals surface area contributed by atoms with Gasteiger partial charge < -0.3 is 15.2 Å². The largest absolute Gasteiger partial charge is 0.355 e. The molecule has 0 saturated carbocycles. The highest BCUT2D eigenvalue weighted by molar-refractivity contribution is 5.69. The number of aromatic nitrogens is 3. The fourth-order valence-electron chi connectivity index (χ4n) is 3.53. The molecule has 4 rings (SSSR count). The highest BCUT2D eigenvalue weighted by Gasteiger charge is 2.13. The van der Waals surface area contributed by atoms with Gasteiger partial charge in [0.15, 0.2) is 5.82 Å². The van der Waals surface area contributed by atoms with Crippen molar-refractivity contribution < 1.29 is 0 Å². The molecule has 3 aromatic rings. The van der Waals surface area contributed by atoms with Gasteiger partial charge in [-0.3, -0.25) is 0 Å². The Morgan fingerprint density at radius 1 is 1.15 bits per heavy atom. The van der Waals surface area contributed by atoms with Crippen molar-refractivity contribution in [2.45, 2.75) is 39.3 Å². The molecule has 0 fully saturated rings. The Labute approximate surface area is 154 Å². The summed E-state index contributed by atoms with van der Waals surface area (Å²) in [6.07, 6.45) is 4.12. The Balaban J connectivity index is 1.65. The van der Waals surface area contributed by atoms with Crippen molar-refractivity contribution in [3.63, 3.8) is 0 Å². The van der Waals surface area contributed by atoms with Crippen molar-refractivity contribution in [1.82, 2.24) is 20.1 Å². The van der Waals surface area contributed by atoms with E-state index in [9.17, 15) is 0 Å². The topological polar surface area (TPSA) is 54.8 Å². The van der Waals surface area contributed by atoms with E-state index < -0.39 is 0 Å². The number of hydrogen-bond acceptors (Lipinski definition) is 4. The lowest BCUT2D eigenvalue weighted by Crippen LogP contribution is -2.13. The standard InChI is InChI=1S/C21H25N5/c1-15(2)26-14-23-25-21(26)17-7-3-9-18(12-17)24-20-10-4-6-16-8-5-11-22-13-19(16)20/h3-4,6-7,9-10,12,14-15,22,24H,5,8,11,13H2,1-2H3. The molecule has 2 N–H and O–H groups in total. The number of nitrogens with one attached hydrogen (secondary N) is 2. The minimum absolute atomic E-state index is 0.326. The first-order valence-electron chi connectivity index (χ1n) is 9.31. The van der Waals surface area contributed by atoms with Gasteiger partial charge in [0.25, 0.3) is 0 Å². The van der Waals surface area contributed by atoms with Crippen molar-refractivity contribution in [2.24, 2.45) is 0 Å². The van der Waals surface area contributed by atoms with Gasteiger partial charge in [-0.2, -0.15) is 0 Å². The van der Waals surface area contributed by atoms with Crippen molar-refractivity contribution in [3.8, 4) is 11.4 Å². The number of fused-ring (bicyclic) bond motifs is 1. The van der Waals surface area contributed by atoms with Crippen molar-refractivity contribution in [1.29, 1.82) is 0 Å². The van der Waals surface area contributed by atoms with Crippen LogP contribution in [0.15, 0.2) is 48.8 Å². The average Bonchev–Trinajstić information content (AvgIpc) is 3.01. The SMILES string of the molecule is CC(C)n1cnnc1-c1cccc(Nc2cccc3c2CNCCC3)c1. The highest BCUT2D eigenvalue weighted by atomic mass is 15.3. The van der Waals surface area contributed by atoms with Crippen LogP contribution in [-0.4, -0.2) is 21.3 Å². The molecule has 0 spiro atoms. The zero-order valence-electron chi connectivity index (χ0n) is 15.4. The Kier molecular flexibility index (Phi) is 4.71. The van der Waals surface area contributed by atoms with Crippen LogP contribution in [0, 0.1) is 0 Å². The van der Waals surface area contributed by atoms with E-state index in [1.807, 2.05) is 0 Å². The molecule has 1 aliphatic heterocycles. The lowest BCUT2D eigenvalue weighted by molar-refractivity contribution is 0.604. The molecule has 0 aliphatic carbocycles. The molecule has 5 nitrogen and oxygen atoms in total. The monoisotopic (exact) mass is 347 g/mol. The second kappa shape index (κ2) is 7.30. The van der Waals surface area contributed by atoms with Crippen LogP contribution >= 0.6 is 0 Å². The minimum atomic E-state index is 0.326. The Hall–Kier alpha value is -2.66. The molecule has 0 bridgehead atoms. The number of aryl methyl sites for hydroxylation is 1. The Morgan fingerprint density at radius 3 is 2.92 bits per heavy atom.